The third-order valence-electron chi connectivity index (χ3n) is 4.10. The van der Waals surface area contributed by atoms with Crippen LogP contribution in [0, 0.1) is 0 Å². The van der Waals surface area contributed by atoms with Crippen molar-refractivity contribution in [2.45, 2.75) is 6.42 Å². The van der Waals surface area contributed by atoms with Crippen LogP contribution in [0.4, 0.5) is 11.5 Å². The Kier molecular flexibility index (Phi) is 4.55. The number of H-pyrrole nitrogens is 1. The SMILES string of the molecule is CS(=O)(=O)Nc1ccc2[nH]nc(NC(=O)Cc3ccc4c(c3)OCCO4)c2c1. The molecule has 2 heterocycles. The molecule has 0 aliphatic carbocycles. The van der Waals surface area contributed by atoms with E-state index in [1.165, 1.54) is 0 Å². The van der Waals surface area contributed by atoms with Crippen molar-refractivity contribution in [3.8, 4) is 11.5 Å². The fraction of sp³-hybridized carbons (Fsp3) is 0.222. The van der Waals surface area contributed by atoms with Gasteiger partial charge in [0.25, 0.3) is 0 Å². The van der Waals surface area contributed by atoms with E-state index < -0.39 is 10.0 Å². The lowest BCUT2D eigenvalue weighted by atomic mass is 10.1. The maximum atomic E-state index is 12.5. The third kappa shape index (κ3) is 4.01. The van der Waals surface area contributed by atoms with E-state index in [4.69, 9.17) is 9.47 Å². The minimum absolute atomic E-state index is 0.131. The summed E-state index contributed by atoms with van der Waals surface area (Å²) in [7, 11) is -3.40. The molecule has 9 nitrogen and oxygen atoms in total. The number of nitrogens with one attached hydrogen (secondary N) is 3. The van der Waals surface area contributed by atoms with Crippen LogP contribution in [0.15, 0.2) is 36.4 Å². The molecule has 3 N–H and O–H groups in total. The number of benzene rings is 2. The van der Waals surface area contributed by atoms with E-state index in [0.29, 0.717) is 47.1 Å². The van der Waals surface area contributed by atoms with Crippen LogP contribution in [0.5, 0.6) is 11.5 Å². The number of carbonyl (C=O) groups is 1. The summed E-state index contributed by atoms with van der Waals surface area (Å²) in [5.41, 5.74) is 1.84. The van der Waals surface area contributed by atoms with Crippen LogP contribution in [0.2, 0.25) is 0 Å². The summed E-state index contributed by atoms with van der Waals surface area (Å²) in [6, 6.07) is 10.3. The van der Waals surface area contributed by atoms with E-state index in [-0.39, 0.29) is 12.3 Å². The van der Waals surface area contributed by atoms with Gasteiger partial charge in [0, 0.05) is 11.1 Å². The number of aromatic amines is 1. The molecule has 2 aromatic carbocycles. The number of hydrogen-bond acceptors (Lipinski definition) is 6. The van der Waals surface area contributed by atoms with Gasteiger partial charge in [-0.3, -0.25) is 14.6 Å². The average Bonchev–Trinajstić information content (AvgIpc) is 3.02. The van der Waals surface area contributed by atoms with Gasteiger partial charge in [-0.25, -0.2) is 8.42 Å². The zero-order valence-electron chi connectivity index (χ0n) is 15.0. The molecular weight excluding hydrogens is 384 g/mol. The van der Waals surface area contributed by atoms with Gasteiger partial charge in [0.2, 0.25) is 15.9 Å². The van der Waals surface area contributed by atoms with Crippen LogP contribution in [-0.2, 0) is 21.2 Å². The van der Waals surface area contributed by atoms with Gasteiger partial charge in [0.15, 0.2) is 17.3 Å². The van der Waals surface area contributed by atoms with Gasteiger partial charge in [-0.2, -0.15) is 5.10 Å². The lowest BCUT2D eigenvalue weighted by molar-refractivity contribution is -0.115. The Morgan fingerprint density at radius 2 is 1.93 bits per heavy atom. The number of fused-ring (bicyclic) bond motifs is 2. The summed E-state index contributed by atoms with van der Waals surface area (Å²) in [4.78, 5) is 12.5. The maximum Gasteiger partial charge on any atom is 0.230 e. The molecule has 10 heteroatoms. The topological polar surface area (TPSA) is 122 Å². The number of ether oxygens (including phenoxy) is 2. The summed E-state index contributed by atoms with van der Waals surface area (Å²) >= 11 is 0. The number of anilines is 2. The van der Waals surface area contributed by atoms with Gasteiger partial charge in [-0.1, -0.05) is 6.07 Å². The lowest BCUT2D eigenvalue weighted by Crippen LogP contribution is -2.17. The highest BCUT2D eigenvalue weighted by atomic mass is 32.2. The van der Waals surface area contributed by atoms with E-state index in [1.807, 2.05) is 6.07 Å². The molecule has 1 amide bonds. The Labute approximate surface area is 161 Å². The summed E-state index contributed by atoms with van der Waals surface area (Å²) in [6.07, 6.45) is 1.20. The maximum absolute atomic E-state index is 12.5. The first-order chi connectivity index (χ1) is 13.4. The van der Waals surface area contributed by atoms with Crippen molar-refractivity contribution in [3.05, 3.63) is 42.0 Å². The third-order valence-corrected chi connectivity index (χ3v) is 4.70. The smallest absolute Gasteiger partial charge is 0.230 e. The van der Waals surface area contributed by atoms with Crippen LogP contribution in [0.1, 0.15) is 5.56 Å². The molecule has 146 valence electrons. The monoisotopic (exact) mass is 402 g/mol. The molecule has 0 fully saturated rings. The first-order valence-electron chi connectivity index (χ1n) is 8.52. The highest BCUT2D eigenvalue weighted by Gasteiger charge is 2.15. The summed E-state index contributed by atoms with van der Waals surface area (Å²) in [6.45, 7) is 0.987. The van der Waals surface area contributed by atoms with E-state index in [0.717, 1.165) is 11.8 Å². The zero-order valence-corrected chi connectivity index (χ0v) is 15.8. The Morgan fingerprint density at radius 1 is 1.14 bits per heavy atom. The van der Waals surface area contributed by atoms with E-state index in [1.54, 1.807) is 30.3 Å². The summed E-state index contributed by atoms with van der Waals surface area (Å²) < 4.78 is 36.2. The number of rotatable bonds is 5. The van der Waals surface area contributed by atoms with E-state index in [9.17, 15) is 13.2 Å². The van der Waals surface area contributed by atoms with Gasteiger partial charge < -0.3 is 14.8 Å². The van der Waals surface area contributed by atoms with Crippen molar-refractivity contribution < 1.29 is 22.7 Å². The predicted molar refractivity (Wildman–Crippen MR) is 104 cm³/mol. The van der Waals surface area contributed by atoms with Crippen LogP contribution in [0.3, 0.4) is 0 Å². The summed E-state index contributed by atoms with van der Waals surface area (Å²) in [5.74, 6) is 1.36. The van der Waals surface area contributed by atoms with E-state index in [2.05, 4.69) is 20.2 Å². The number of nitrogens with zero attached hydrogens (tertiary/aromatic N) is 1. The molecule has 1 aliphatic heterocycles. The van der Waals surface area contributed by atoms with Crippen molar-refractivity contribution in [1.82, 2.24) is 10.2 Å². The molecule has 0 spiro atoms. The molecule has 0 saturated heterocycles. The van der Waals surface area contributed by atoms with Gasteiger partial charge in [-0.15, -0.1) is 0 Å². The Hall–Kier alpha value is -3.27. The van der Waals surface area contributed by atoms with Crippen molar-refractivity contribution in [1.29, 1.82) is 0 Å². The summed E-state index contributed by atoms with van der Waals surface area (Å²) in [5, 5.41) is 10.3. The predicted octanol–water partition coefficient (Wildman–Crippen LogP) is 1.89. The largest absolute Gasteiger partial charge is 0.486 e. The Bertz CT molecular complexity index is 1160. The van der Waals surface area contributed by atoms with Crippen molar-refractivity contribution in [2.24, 2.45) is 0 Å². The molecule has 0 bridgehead atoms. The van der Waals surface area contributed by atoms with E-state index >= 15 is 0 Å². The molecule has 28 heavy (non-hydrogen) atoms. The van der Waals surface area contributed by atoms with Gasteiger partial charge in [-0.05, 0) is 35.9 Å². The van der Waals surface area contributed by atoms with Gasteiger partial charge >= 0.3 is 0 Å². The highest BCUT2D eigenvalue weighted by molar-refractivity contribution is 7.92. The van der Waals surface area contributed by atoms with Gasteiger partial charge in [0.1, 0.15) is 13.2 Å². The fourth-order valence-corrected chi connectivity index (χ4v) is 3.50. The number of sulfonamides is 1. The molecule has 1 aliphatic rings. The zero-order chi connectivity index (χ0) is 19.7. The normalized spacial score (nSPS) is 13.3. The molecule has 0 radical (unpaired) electrons. The van der Waals surface area contributed by atoms with Crippen LogP contribution < -0.4 is 19.5 Å². The van der Waals surface area contributed by atoms with Crippen molar-refractivity contribution in [3.63, 3.8) is 0 Å². The van der Waals surface area contributed by atoms with Crippen LogP contribution in [0.25, 0.3) is 10.9 Å². The Morgan fingerprint density at radius 3 is 2.71 bits per heavy atom. The van der Waals surface area contributed by atoms with Crippen LogP contribution in [-0.4, -0.2) is 44.0 Å². The fourth-order valence-electron chi connectivity index (χ4n) is 2.95. The van der Waals surface area contributed by atoms with Crippen molar-refractivity contribution in [2.75, 3.05) is 29.5 Å². The molecule has 4 rings (SSSR count). The quantitative estimate of drug-likeness (QED) is 0.599. The van der Waals surface area contributed by atoms with Gasteiger partial charge in [0.05, 0.1) is 18.2 Å². The second kappa shape index (κ2) is 7.04. The molecule has 3 aromatic rings. The molecule has 0 saturated carbocycles. The standard InChI is InChI=1S/C18H18N4O5S/c1-28(24,25)22-12-3-4-14-13(10-12)18(21-20-14)19-17(23)9-11-2-5-15-16(8-11)27-7-6-26-15/h2-5,8,10,22H,6-7,9H2,1H3,(H2,19,20,21,23). The number of amides is 1. The minimum Gasteiger partial charge on any atom is -0.486 e. The first kappa shape index (κ1) is 18.1. The number of hydrogen-bond donors (Lipinski definition) is 3. The average molecular weight is 402 g/mol. The molecular formula is C18H18N4O5S. The minimum atomic E-state index is -3.40. The molecule has 1 aromatic heterocycles. The Balaban J connectivity index is 1.51. The lowest BCUT2D eigenvalue weighted by Gasteiger charge is -2.18. The first-order valence-corrected chi connectivity index (χ1v) is 10.4. The number of aromatic nitrogens is 2. The number of carbonyl (C=O) groups excluding carboxylic acids is 1. The highest BCUT2D eigenvalue weighted by Crippen LogP contribution is 2.31. The van der Waals surface area contributed by atoms with Crippen LogP contribution >= 0.6 is 0 Å². The molecule has 0 unspecified atom stereocenters. The second-order valence-corrected chi connectivity index (χ2v) is 8.16. The van der Waals surface area contributed by atoms with Crippen molar-refractivity contribution >= 4 is 38.3 Å². The molecule has 0 atom stereocenters. The second-order valence-electron chi connectivity index (χ2n) is 6.41.